The lowest BCUT2D eigenvalue weighted by Crippen LogP contribution is -2.49. The Kier molecular flexibility index (Phi) is 6.52. The molecule has 1 atom stereocenters. The summed E-state index contributed by atoms with van der Waals surface area (Å²) < 4.78 is 23.7. The SMILES string of the molecule is CCN1C(=NCCOC)N[C@@H](c2cccc(F)c2)C(C(=O)OC)=C1C. The van der Waals surface area contributed by atoms with Crippen molar-refractivity contribution in [3.8, 4) is 0 Å². The molecule has 0 aliphatic carbocycles. The van der Waals surface area contributed by atoms with Crippen molar-refractivity contribution in [3.63, 3.8) is 0 Å². The highest BCUT2D eigenvalue weighted by Gasteiger charge is 2.34. The molecule has 1 heterocycles. The van der Waals surface area contributed by atoms with Gasteiger partial charge in [-0.15, -0.1) is 0 Å². The van der Waals surface area contributed by atoms with Gasteiger partial charge in [-0.3, -0.25) is 4.99 Å². The molecule has 0 amide bonds. The van der Waals surface area contributed by atoms with Crippen molar-refractivity contribution < 1.29 is 18.7 Å². The quantitative estimate of drug-likeness (QED) is 0.630. The minimum absolute atomic E-state index is 0.364. The topological polar surface area (TPSA) is 63.2 Å². The fourth-order valence-electron chi connectivity index (χ4n) is 2.86. The van der Waals surface area contributed by atoms with Gasteiger partial charge in [0.15, 0.2) is 5.96 Å². The van der Waals surface area contributed by atoms with Crippen molar-refractivity contribution in [2.24, 2.45) is 4.99 Å². The van der Waals surface area contributed by atoms with Crippen molar-refractivity contribution in [3.05, 3.63) is 46.9 Å². The van der Waals surface area contributed by atoms with Crippen molar-refractivity contribution in [2.75, 3.05) is 33.9 Å². The number of nitrogens with zero attached hydrogens (tertiary/aromatic N) is 2. The monoisotopic (exact) mass is 349 g/mol. The van der Waals surface area contributed by atoms with E-state index in [0.717, 1.165) is 5.70 Å². The molecule has 1 aliphatic rings. The maximum atomic E-state index is 13.7. The zero-order chi connectivity index (χ0) is 18.4. The Morgan fingerprint density at radius 1 is 1.40 bits per heavy atom. The van der Waals surface area contributed by atoms with Crippen LogP contribution < -0.4 is 5.32 Å². The molecule has 2 rings (SSSR count). The molecule has 0 aromatic heterocycles. The highest BCUT2D eigenvalue weighted by atomic mass is 19.1. The number of methoxy groups -OCH3 is 2. The highest BCUT2D eigenvalue weighted by molar-refractivity contribution is 5.96. The summed E-state index contributed by atoms with van der Waals surface area (Å²) in [7, 11) is 2.95. The van der Waals surface area contributed by atoms with Crippen LogP contribution in [0.25, 0.3) is 0 Å². The molecule has 0 spiro atoms. The molecule has 0 bridgehead atoms. The van der Waals surface area contributed by atoms with E-state index in [9.17, 15) is 9.18 Å². The molecular formula is C18H24FN3O3. The van der Waals surface area contributed by atoms with Crippen molar-refractivity contribution in [1.82, 2.24) is 10.2 Å². The van der Waals surface area contributed by atoms with E-state index < -0.39 is 12.0 Å². The Morgan fingerprint density at radius 3 is 2.76 bits per heavy atom. The Bertz CT molecular complexity index is 688. The average Bonchev–Trinajstić information content (AvgIpc) is 2.61. The fraction of sp³-hybridized carbons (Fsp3) is 0.444. The standard InChI is InChI=1S/C18H24FN3O3/c1-5-22-12(2)15(17(23)25-4)16(13-7-6-8-14(19)11-13)21-18(22)20-9-10-24-3/h6-8,11,16H,5,9-10H2,1-4H3,(H,20,21)/t16-/m0/s1. The van der Waals surface area contributed by atoms with Gasteiger partial charge in [-0.1, -0.05) is 12.1 Å². The number of ether oxygens (including phenoxy) is 2. The van der Waals surface area contributed by atoms with E-state index in [0.29, 0.717) is 36.8 Å². The maximum Gasteiger partial charge on any atom is 0.337 e. The number of carbonyl (C=O) groups excluding carboxylic acids is 1. The Morgan fingerprint density at radius 2 is 2.16 bits per heavy atom. The van der Waals surface area contributed by atoms with E-state index in [1.807, 2.05) is 18.7 Å². The van der Waals surface area contributed by atoms with E-state index in [4.69, 9.17) is 9.47 Å². The number of aliphatic imine (C=N–C) groups is 1. The smallest absolute Gasteiger partial charge is 0.337 e. The van der Waals surface area contributed by atoms with E-state index in [2.05, 4.69) is 10.3 Å². The number of guanidine groups is 1. The molecule has 0 unspecified atom stereocenters. The van der Waals surface area contributed by atoms with Crippen molar-refractivity contribution >= 4 is 11.9 Å². The highest BCUT2D eigenvalue weighted by Crippen LogP contribution is 2.31. The van der Waals surface area contributed by atoms with Gasteiger partial charge >= 0.3 is 5.97 Å². The van der Waals surface area contributed by atoms with Crippen molar-refractivity contribution in [1.29, 1.82) is 0 Å². The summed E-state index contributed by atoms with van der Waals surface area (Å²) in [6.45, 7) is 5.40. The van der Waals surface area contributed by atoms with Crippen LogP contribution in [0.2, 0.25) is 0 Å². The third-order valence-corrected chi connectivity index (χ3v) is 4.07. The van der Waals surface area contributed by atoms with Gasteiger partial charge in [0, 0.05) is 19.4 Å². The van der Waals surface area contributed by atoms with Gasteiger partial charge in [0.2, 0.25) is 0 Å². The zero-order valence-corrected chi connectivity index (χ0v) is 15.0. The molecule has 1 aromatic rings. The van der Waals surface area contributed by atoms with Gasteiger partial charge in [-0.25, -0.2) is 9.18 Å². The van der Waals surface area contributed by atoms with Crippen LogP contribution in [0.4, 0.5) is 4.39 Å². The Labute approximate surface area is 147 Å². The summed E-state index contributed by atoms with van der Waals surface area (Å²) >= 11 is 0. The summed E-state index contributed by atoms with van der Waals surface area (Å²) in [5.41, 5.74) is 1.81. The number of rotatable bonds is 6. The van der Waals surface area contributed by atoms with Gasteiger partial charge in [0.25, 0.3) is 0 Å². The number of hydrogen-bond donors (Lipinski definition) is 1. The second kappa shape index (κ2) is 8.62. The lowest BCUT2D eigenvalue weighted by atomic mass is 9.94. The second-order valence-corrected chi connectivity index (χ2v) is 5.57. The van der Waals surface area contributed by atoms with Crippen LogP contribution in [-0.4, -0.2) is 50.7 Å². The second-order valence-electron chi connectivity index (χ2n) is 5.57. The predicted molar refractivity (Wildman–Crippen MR) is 93.6 cm³/mol. The van der Waals surface area contributed by atoms with Crippen LogP contribution in [-0.2, 0) is 14.3 Å². The van der Waals surface area contributed by atoms with Gasteiger partial charge in [0.05, 0.1) is 31.9 Å². The first-order valence-corrected chi connectivity index (χ1v) is 8.15. The van der Waals surface area contributed by atoms with E-state index in [1.54, 1.807) is 19.2 Å². The Hall–Kier alpha value is -2.41. The summed E-state index contributed by atoms with van der Waals surface area (Å²) in [4.78, 5) is 18.8. The van der Waals surface area contributed by atoms with E-state index in [1.165, 1.54) is 19.2 Å². The number of halogens is 1. The number of nitrogens with one attached hydrogen (secondary N) is 1. The van der Waals surface area contributed by atoms with E-state index in [-0.39, 0.29) is 5.82 Å². The minimum atomic E-state index is -0.535. The third-order valence-electron chi connectivity index (χ3n) is 4.07. The first-order chi connectivity index (χ1) is 12.0. The van der Waals surface area contributed by atoms with Gasteiger partial charge in [-0.05, 0) is 31.5 Å². The normalized spacial score (nSPS) is 19.2. The molecule has 136 valence electrons. The summed E-state index contributed by atoms with van der Waals surface area (Å²) in [5.74, 6) is -0.190. The molecule has 0 fully saturated rings. The van der Waals surface area contributed by atoms with Gasteiger partial charge < -0.3 is 19.7 Å². The fourth-order valence-corrected chi connectivity index (χ4v) is 2.86. The average molecular weight is 349 g/mol. The molecule has 1 aliphatic heterocycles. The van der Waals surface area contributed by atoms with Crippen LogP contribution in [0, 0.1) is 5.82 Å². The third kappa shape index (κ3) is 4.17. The number of allylic oxidation sites excluding steroid dienone is 1. The molecule has 0 radical (unpaired) electrons. The number of benzene rings is 1. The zero-order valence-electron chi connectivity index (χ0n) is 15.0. The van der Waals surface area contributed by atoms with E-state index >= 15 is 0 Å². The molecule has 6 nitrogen and oxygen atoms in total. The van der Waals surface area contributed by atoms with Crippen molar-refractivity contribution in [2.45, 2.75) is 19.9 Å². The lowest BCUT2D eigenvalue weighted by molar-refractivity contribution is -0.136. The van der Waals surface area contributed by atoms with Crippen LogP contribution in [0.5, 0.6) is 0 Å². The Balaban J connectivity index is 2.52. The van der Waals surface area contributed by atoms with Gasteiger partial charge in [0.1, 0.15) is 5.82 Å². The number of esters is 1. The molecule has 1 N–H and O–H groups in total. The number of carbonyl (C=O) groups is 1. The molecular weight excluding hydrogens is 325 g/mol. The summed E-state index contributed by atoms with van der Waals surface area (Å²) in [6.07, 6.45) is 0. The van der Waals surface area contributed by atoms with Crippen LogP contribution in [0.1, 0.15) is 25.5 Å². The summed E-state index contributed by atoms with van der Waals surface area (Å²) in [5, 5.41) is 3.25. The first-order valence-electron chi connectivity index (χ1n) is 8.15. The summed E-state index contributed by atoms with van der Waals surface area (Å²) in [6, 6.07) is 5.62. The predicted octanol–water partition coefficient (Wildman–Crippen LogP) is 2.24. The minimum Gasteiger partial charge on any atom is -0.466 e. The molecule has 7 heteroatoms. The molecule has 25 heavy (non-hydrogen) atoms. The van der Waals surface area contributed by atoms with Crippen LogP contribution >= 0.6 is 0 Å². The maximum absolute atomic E-state index is 13.7. The molecule has 1 aromatic carbocycles. The van der Waals surface area contributed by atoms with Gasteiger partial charge in [-0.2, -0.15) is 0 Å². The lowest BCUT2D eigenvalue weighted by Gasteiger charge is -2.37. The molecule has 0 saturated heterocycles. The van der Waals surface area contributed by atoms with Crippen LogP contribution in [0.15, 0.2) is 40.5 Å². The number of hydrogen-bond acceptors (Lipinski definition) is 4. The largest absolute Gasteiger partial charge is 0.466 e. The molecule has 0 saturated carbocycles. The van der Waals surface area contributed by atoms with Crippen LogP contribution in [0.3, 0.4) is 0 Å². The first kappa shape index (κ1) is 18.9.